The van der Waals surface area contributed by atoms with Gasteiger partial charge in [-0.3, -0.25) is 0 Å². The fourth-order valence-electron chi connectivity index (χ4n) is 1.43. The van der Waals surface area contributed by atoms with Crippen LogP contribution in [0, 0.1) is 0 Å². The van der Waals surface area contributed by atoms with E-state index in [2.05, 4.69) is 26.2 Å². The van der Waals surface area contributed by atoms with Gasteiger partial charge in [-0.1, -0.05) is 28.1 Å². The first-order valence-corrected chi connectivity index (χ1v) is 6.08. The Kier molecular flexibility index (Phi) is 3.98. The van der Waals surface area contributed by atoms with E-state index < -0.39 is 0 Å². The summed E-state index contributed by atoms with van der Waals surface area (Å²) in [4.78, 5) is 4.13. The van der Waals surface area contributed by atoms with Crippen LogP contribution < -0.4 is 10.1 Å². The predicted molar refractivity (Wildman–Crippen MR) is 72.3 cm³/mol. The Bertz CT molecular complexity index is 502. The molecule has 4 heteroatoms. The van der Waals surface area contributed by atoms with Crippen LogP contribution >= 0.6 is 15.9 Å². The van der Waals surface area contributed by atoms with Gasteiger partial charge in [0.15, 0.2) is 0 Å². The van der Waals surface area contributed by atoms with Crippen LogP contribution in [0.2, 0.25) is 0 Å². The molecule has 0 fully saturated rings. The van der Waals surface area contributed by atoms with E-state index in [1.54, 1.807) is 6.20 Å². The molecule has 1 aromatic carbocycles. The van der Waals surface area contributed by atoms with Crippen molar-refractivity contribution in [2.75, 3.05) is 12.4 Å². The second-order valence-corrected chi connectivity index (χ2v) is 4.46. The zero-order valence-electron chi connectivity index (χ0n) is 9.48. The lowest BCUT2D eigenvalue weighted by atomic mass is 10.2. The lowest BCUT2D eigenvalue weighted by Gasteiger charge is -2.07. The normalized spacial score (nSPS) is 10.0. The molecule has 0 aliphatic heterocycles. The summed E-state index contributed by atoms with van der Waals surface area (Å²) in [6.07, 6.45) is 1.72. The van der Waals surface area contributed by atoms with Gasteiger partial charge in [0, 0.05) is 23.8 Å². The molecule has 0 radical (unpaired) electrons. The maximum absolute atomic E-state index is 5.69. The monoisotopic (exact) mass is 292 g/mol. The van der Waals surface area contributed by atoms with Crippen molar-refractivity contribution in [3.63, 3.8) is 0 Å². The molecule has 0 aliphatic carbocycles. The third-order valence-corrected chi connectivity index (χ3v) is 2.78. The molecule has 2 aromatic rings. The van der Waals surface area contributed by atoms with E-state index in [1.165, 1.54) is 0 Å². The number of aromatic nitrogens is 1. The van der Waals surface area contributed by atoms with Crippen LogP contribution in [0.1, 0.15) is 5.56 Å². The zero-order chi connectivity index (χ0) is 12.1. The number of hydrogen-bond acceptors (Lipinski definition) is 3. The summed E-state index contributed by atoms with van der Waals surface area (Å²) >= 11 is 3.44. The first-order valence-electron chi connectivity index (χ1n) is 5.29. The molecule has 0 saturated carbocycles. The molecule has 1 N–H and O–H groups in total. The van der Waals surface area contributed by atoms with E-state index in [-0.39, 0.29) is 0 Å². The summed E-state index contributed by atoms with van der Waals surface area (Å²) in [5.41, 5.74) is 1.13. The van der Waals surface area contributed by atoms with Crippen molar-refractivity contribution in [1.82, 2.24) is 4.98 Å². The van der Waals surface area contributed by atoms with E-state index in [9.17, 15) is 0 Å². The molecule has 88 valence electrons. The Morgan fingerprint density at radius 1 is 1.29 bits per heavy atom. The van der Waals surface area contributed by atoms with Gasteiger partial charge in [-0.15, -0.1) is 0 Å². The third-order valence-electron chi connectivity index (χ3n) is 2.28. The topological polar surface area (TPSA) is 34.1 Å². The van der Waals surface area contributed by atoms with Crippen molar-refractivity contribution in [3.05, 3.63) is 52.6 Å². The van der Waals surface area contributed by atoms with E-state index >= 15 is 0 Å². The SMILES string of the molecule is CNc1cc(OCc2cccc(Br)c2)ccn1. The number of nitrogens with one attached hydrogen (secondary N) is 1. The Morgan fingerprint density at radius 2 is 2.18 bits per heavy atom. The van der Waals surface area contributed by atoms with Crippen LogP contribution in [0.25, 0.3) is 0 Å². The number of halogens is 1. The number of nitrogens with zero attached hydrogens (tertiary/aromatic N) is 1. The molecule has 0 amide bonds. The lowest BCUT2D eigenvalue weighted by Crippen LogP contribution is -1.97. The maximum atomic E-state index is 5.69. The maximum Gasteiger partial charge on any atom is 0.129 e. The highest BCUT2D eigenvalue weighted by atomic mass is 79.9. The Hall–Kier alpha value is -1.55. The van der Waals surface area contributed by atoms with Gasteiger partial charge in [0.05, 0.1) is 0 Å². The van der Waals surface area contributed by atoms with Crippen LogP contribution in [0.5, 0.6) is 5.75 Å². The van der Waals surface area contributed by atoms with Crippen LogP contribution in [-0.2, 0) is 6.61 Å². The fourth-order valence-corrected chi connectivity index (χ4v) is 1.88. The second-order valence-electron chi connectivity index (χ2n) is 3.55. The molecule has 0 spiro atoms. The highest BCUT2D eigenvalue weighted by Gasteiger charge is 1.98. The number of ether oxygens (including phenoxy) is 1. The highest BCUT2D eigenvalue weighted by Crippen LogP contribution is 2.17. The summed E-state index contributed by atoms with van der Waals surface area (Å²) in [6, 6.07) is 11.8. The van der Waals surface area contributed by atoms with Crippen molar-refractivity contribution in [2.45, 2.75) is 6.61 Å². The Balaban J connectivity index is 2.02. The second kappa shape index (κ2) is 5.68. The summed E-state index contributed by atoms with van der Waals surface area (Å²) < 4.78 is 6.75. The van der Waals surface area contributed by atoms with Crippen molar-refractivity contribution in [2.24, 2.45) is 0 Å². The van der Waals surface area contributed by atoms with Crippen LogP contribution in [0.4, 0.5) is 5.82 Å². The van der Waals surface area contributed by atoms with Crippen molar-refractivity contribution >= 4 is 21.7 Å². The first kappa shape index (κ1) is 11.9. The minimum atomic E-state index is 0.548. The van der Waals surface area contributed by atoms with E-state index in [0.717, 1.165) is 21.6 Å². The molecular formula is C13H13BrN2O. The standard InChI is InChI=1S/C13H13BrN2O/c1-15-13-8-12(5-6-16-13)17-9-10-3-2-4-11(14)7-10/h2-8H,9H2,1H3,(H,15,16). The molecule has 0 unspecified atom stereocenters. The quantitative estimate of drug-likeness (QED) is 0.937. The number of rotatable bonds is 4. The Labute approximate surface area is 109 Å². The third kappa shape index (κ3) is 3.46. The van der Waals surface area contributed by atoms with Gasteiger partial charge in [0.25, 0.3) is 0 Å². The molecule has 1 heterocycles. The van der Waals surface area contributed by atoms with E-state index in [0.29, 0.717) is 6.61 Å². The average Bonchev–Trinajstić information content (AvgIpc) is 2.37. The number of anilines is 1. The van der Waals surface area contributed by atoms with Gasteiger partial charge in [0.2, 0.25) is 0 Å². The van der Waals surface area contributed by atoms with Gasteiger partial charge < -0.3 is 10.1 Å². The van der Waals surface area contributed by atoms with Crippen molar-refractivity contribution in [3.8, 4) is 5.75 Å². The largest absolute Gasteiger partial charge is 0.489 e. The minimum Gasteiger partial charge on any atom is -0.489 e. The number of hydrogen-bond donors (Lipinski definition) is 1. The van der Waals surface area contributed by atoms with Gasteiger partial charge in [-0.05, 0) is 23.8 Å². The summed E-state index contributed by atoms with van der Waals surface area (Å²) in [5, 5.41) is 2.98. The van der Waals surface area contributed by atoms with E-state index in [4.69, 9.17) is 4.74 Å². The minimum absolute atomic E-state index is 0.548. The van der Waals surface area contributed by atoms with E-state index in [1.807, 2.05) is 43.4 Å². The van der Waals surface area contributed by atoms with Gasteiger partial charge in [-0.2, -0.15) is 0 Å². The molecule has 2 rings (SSSR count). The Morgan fingerprint density at radius 3 is 2.94 bits per heavy atom. The van der Waals surface area contributed by atoms with Gasteiger partial charge in [0.1, 0.15) is 18.2 Å². The zero-order valence-corrected chi connectivity index (χ0v) is 11.1. The van der Waals surface area contributed by atoms with Crippen LogP contribution in [0.15, 0.2) is 47.1 Å². The number of benzene rings is 1. The molecule has 0 atom stereocenters. The average molecular weight is 293 g/mol. The molecule has 0 saturated heterocycles. The predicted octanol–water partition coefficient (Wildman–Crippen LogP) is 3.46. The summed E-state index contributed by atoms with van der Waals surface area (Å²) in [5.74, 6) is 1.61. The van der Waals surface area contributed by atoms with Crippen molar-refractivity contribution < 1.29 is 4.74 Å². The first-order chi connectivity index (χ1) is 8.28. The molecule has 0 aliphatic rings. The molecular weight excluding hydrogens is 280 g/mol. The van der Waals surface area contributed by atoms with Gasteiger partial charge in [-0.25, -0.2) is 4.98 Å². The molecule has 3 nitrogen and oxygen atoms in total. The lowest BCUT2D eigenvalue weighted by molar-refractivity contribution is 0.306. The van der Waals surface area contributed by atoms with Gasteiger partial charge >= 0.3 is 0 Å². The summed E-state index contributed by atoms with van der Waals surface area (Å²) in [6.45, 7) is 0.548. The van der Waals surface area contributed by atoms with Crippen LogP contribution in [0.3, 0.4) is 0 Å². The number of pyridine rings is 1. The molecule has 17 heavy (non-hydrogen) atoms. The molecule has 0 bridgehead atoms. The smallest absolute Gasteiger partial charge is 0.129 e. The fraction of sp³-hybridized carbons (Fsp3) is 0.154. The summed E-state index contributed by atoms with van der Waals surface area (Å²) in [7, 11) is 1.83. The molecule has 1 aromatic heterocycles. The van der Waals surface area contributed by atoms with Crippen LogP contribution in [-0.4, -0.2) is 12.0 Å². The van der Waals surface area contributed by atoms with Crippen molar-refractivity contribution in [1.29, 1.82) is 0 Å². The highest BCUT2D eigenvalue weighted by molar-refractivity contribution is 9.10.